The molecule has 0 atom stereocenters. The van der Waals surface area contributed by atoms with Gasteiger partial charge in [0.15, 0.2) is 11.5 Å². The summed E-state index contributed by atoms with van der Waals surface area (Å²) in [6.07, 6.45) is 5.25. The molecule has 0 aliphatic carbocycles. The van der Waals surface area contributed by atoms with Gasteiger partial charge in [0.05, 0.1) is 0 Å². The van der Waals surface area contributed by atoms with Crippen LogP contribution in [0.1, 0.15) is 5.82 Å². The molecule has 13 heavy (non-hydrogen) atoms. The third-order valence-electron chi connectivity index (χ3n) is 2.04. The first-order valence-corrected chi connectivity index (χ1v) is 4.05. The fraction of sp³-hybridized carbons (Fsp3) is 0.111. The second-order valence-corrected chi connectivity index (χ2v) is 2.84. The number of aromatic nitrogens is 3. The second-order valence-electron chi connectivity index (χ2n) is 2.84. The van der Waals surface area contributed by atoms with Gasteiger partial charge in [-0.1, -0.05) is 0 Å². The number of hydrogen-bond donors (Lipinski definition) is 0. The molecule has 3 rings (SSSR count). The maximum absolute atomic E-state index is 5.13. The summed E-state index contributed by atoms with van der Waals surface area (Å²) < 4.78 is 7.08. The summed E-state index contributed by atoms with van der Waals surface area (Å²) in [5.74, 6) is 0.899. The third kappa shape index (κ3) is 0.853. The summed E-state index contributed by atoms with van der Waals surface area (Å²) in [5, 5.41) is 0. The molecule has 0 saturated carbocycles. The van der Waals surface area contributed by atoms with Crippen molar-refractivity contribution in [1.29, 1.82) is 0 Å². The van der Waals surface area contributed by atoms with Crippen molar-refractivity contribution >= 4 is 17.4 Å². The third-order valence-corrected chi connectivity index (χ3v) is 2.04. The van der Waals surface area contributed by atoms with Crippen molar-refractivity contribution in [2.75, 3.05) is 0 Å². The molecule has 1 aliphatic heterocycles. The van der Waals surface area contributed by atoms with Crippen molar-refractivity contribution < 1.29 is 4.74 Å². The number of hydrogen-bond acceptors (Lipinski definition) is 3. The predicted molar refractivity (Wildman–Crippen MR) is 47.6 cm³/mol. The molecule has 0 N–H and O–H groups in total. The zero-order valence-corrected chi connectivity index (χ0v) is 6.84. The zero-order chi connectivity index (χ0) is 8.67. The van der Waals surface area contributed by atoms with Crippen molar-refractivity contribution in [2.24, 2.45) is 0 Å². The van der Waals surface area contributed by atoms with Crippen LogP contribution in [0.2, 0.25) is 0 Å². The molecular formula is C9H7N3O. The monoisotopic (exact) mass is 173 g/mol. The van der Waals surface area contributed by atoms with E-state index in [0.717, 1.165) is 17.0 Å². The predicted octanol–water partition coefficient (Wildman–Crippen LogP) is 1.39. The van der Waals surface area contributed by atoms with Crippen LogP contribution in [0.15, 0.2) is 24.6 Å². The largest absolute Gasteiger partial charge is 0.492 e. The summed E-state index contributed by atoms with van der Waals surface area (Å²) in [7, 11) is 0. The molecular weight excluding hydrogens is 166 g/mol. The molecule has 2 aromatic rings. The van der Waals surface area contributed by atoms with Gasteiger partial charge >= 0.3 is 0 Å². The van der Waals surface area contributed by atoms with E-state index < -0.39 is 0 Å². The quantitative estimate of drug-likeness (QED) is 0.604. The van der Waals surface area contributed by atoms with Gasteiger partial charge in [-0.05, 0) is 12.1 Å². The van der Waals surface area contributed by atoms with E-state index >= 15 is 0 Å². The Hall–Kier alpha value is -1.84. The number of rotatable bonds is 0. The van der Waals surface area contributed by atoms with Crippen LogP contribution in [0, 0.1) is 0 Å². The van der Waals surface area contributed by atoms with Crippen LogP contribution in [0.5, 0.6) is 0 Å². The molecule has 0 aromatic carbocycles. The topological polar surface area (TPSA) is 39.9 Å². The van der Waals surface area contributed by atoms with E-state index in [-0.39, 0.29) is 0 Å². The second kappa shape index (κ2) is 2.32. The summed E-state index contributed by atoms with van der Waals surface area (Å²) >= 11 is 0. The number of imidazole rings is 1. The lowest BCUT2D eigenvalue weighted by molar-refractivity contribution is 0.221. The highest BCUT2D eigenvalue weighted by Crippen LogP contribution is 2.17. The van der Waals surface area contributed by atoms with Gasteiger partial charge in [0.2, 0.25) is 0 Å². The van der Waals surface area contributed by atoms with Crippen LogP contribution in [0.4, 0.5) is 0 Å². The van der Waals surface area contributed by atoms with Crippen molar-refractivity contribution in [2.45, 2.75) is 6.61 Å². The van der Waals surface area contributed by atoms with Crippen LogP contribution in [-0.2, 0) is 11.3 Å². The van der Waals surface area contributed by atoms with Gasteiger partial charge in [0, 0.05) is 12.4 Å². The molecule has 0 fully saturated rings. The first kappa shape index (κ1) is 6.65. The SMILES string of the molecule is C1=Cn2c(nc3cccnc32)CO1. The number of nitrogens with zero attached hydrogens (tertiary/aromatic N) is 3. The molecule has 64 valence electrons. The Balaban J connectivity index is 2.42. The zero-order valence-electron chi connectivity index (χ0n) is 6.84. The minimum atomic E-state index is 0.521. The van der Waals surface area contributed by atoms with Gasteiger partial charge in [-0.2, -0.15) is 0 Å². The average Bonchev–Trinajstić information content (AvgIpc) is 2.56. The van der Waals surface area contributed by atoms with Crippen LogP contribution in [-0.4, -0.2) is 14.5 Å². The summed E-state index contributed by atoms with van der Waals surface area (Å²) in [5.41, 5.74) is 1.80. The van der Waals surface area contributed by atoms with Crippen molar-refractivity contribution in [3.8, 4) is 0 Å². The van der Waals surface area contributed by atoms with E-state index in [1.165, 1.54) is 0 Å². The van der Waals surface area contributed by atoms with Crippen molar-refractivity contribution in [3.63, 3.8) is 0 Å². The summed E-state index contributed by atoms with van der Waals surface area (Å²) in [6, 6.07) is 3.83. The van der Waals surface area contributed by atoms with Gasteiger partial charge in [-0.15, -0.1) is 0 Å². The summed E-state index contributed by atoms with van der Waals surface area (Å²) in [4.78, 5) is 8.63. The minimum absolute atomic E-state index is 0.521. The highest BCUT2D eigenvalue weighted by Gasteiger charge is 2.11. The minimum Gasteiger partial charge on any atom is -0.492 e. The maximum atomic E-state index is 5.13. The fourth-order valence-corrected chi connectivity index (χ4v) is 1.46. The lowest BCUT2D eigenvalue weighted by Gasteiger charge is -2.07. The van der Waals surface area contributed by atoms with E-state index in [2.05, 4.69) is 9.97 Å². The molecule has 0 saturated heterocycles. The van der Waals surface area contributed by atoms with E-state index in [9.17, 15) is 0 Å². The smallest absolute Gasteiger partial charge is 0.164 e. The van der Waals surface area contributed by atoms with Gasteiger partial charge in [0.1, 0.15) is 18.4 Å². The van der Waals surface area contributed by atoms with Crippen LogP contribution in [0.25, 0.3) is 17.4 Å². The standard InChI is InChI=1S/C9H7N3O/c1-2-7-9(10-3-1)12-4-5-13-6-8(12)11-7/h1-5H,6H2. The number of pyridine rings is 1. The Labute approximate surface area is 74.5 Å². The highest BCUT2D eigenvalue weighted by molar-refractivity contribution is 5.73. The number of fused-ring (bicyclic) bond motifs is 3. The van der Waals surface area contributed by atoms with E-state index in [4.69, 9.17) is 4.74 Å². The van der Waals surface area contributed by atoms with Gasteiger partial charge in [0.25, 0.3) is 0 Å². The van der Waals surface area contributed by atoms with Crippen LogP contribution >= 0.6 is 0 Å². The normalized spacial score (nSPS) is 14.2. The Bertz CT molecular complexity index is 487. The molecule has 4 nitrogen and oxygen atoms in total. The van der Waals surface area contributed by atoms with Gasteiger partial charge < -0.3 is 4.74 Å². The average molecular weight is 173 g/mol. The molecule has 0 amide bonds. The Morgan fingerprint density at radius 1 is 1.46 bits per heavy atom. The van der Waals surface area contributed by atoms with Gasteiger partial charge in [-0.25, -0.2) is 9.97 Å². The highest BCUT2D eigenvalue weighted by atomic mass is 16.5. The lowest BCUT2D eigenvalue weighted by atomic mass is 10.4. The summed E-state index contributed by atoms with van der Waals surface area (Å²) in [6.45, 7) is 0.521. The molecule has 0 radical (unpaired) electrons. The van der Waals surface area contributed by atoms with E-state index in [1.807, 2.05) is 22.9 Å². The maximum Gasteiger partial charge on any atom is 0.164 e. The molecule has 4 heteroatoms. The lowest BCUT2D eigenvalue weighted by Crippen LogP contribution is -2.02. The van der Waals surface area contributed by atoms with Crippen molar-refractivity contribution in [1.82, 2.24) is 14.5 Å². The molecule has 1 aliphatic rings. The molecule has 3 heterocycles. The Morgan fingerprint density at radius 3 is 3.46 bits per heavy atom. The molecule has 0 spiro atoms. The van der Waals surface area contributed by atoms with Crippen LogP contribution < -0.4 is 0 Å². The number of ether oxygens (including phenoxy) is 1. The molecule has 2 aromatic heterocycles. The van der Waals surface area contributed by atoms with Crippen LogP contribution in [0.3, 0.4) is 0 Å². The molecule has 0 bridgehead atoms. The Kier molecular flexibility index (Phi) is 1.19. The first-order valence-electron chi connectivity index (χ1n) is 4.05. The van der Waals surface area contributed by atoms with Crippen molar-refractivity contribution in [3.05, 3.63) is 30.4 Å². The fourth-order valence-electron chi connectivity index (χ4n) is 1.46. The van der Waals surface area contributed by atoms with Gasteiger partial charge in [-0.3, -0.25) is 4.57 Å². The molecule has 0 unspecified atom stereocenters. The first-order chi connectivity index (χ1) is 6.45. The van der Waals surface area contributed by atoms with E-state index in [1.54, 1.807) is 12.5 Å². The Morgan fingerprint density at radius 2 is 2.46 bits per heavy atom. The van der Waals surface area contributed by atoms with E-state index in [0.29, 0.717) is 6.61 Å².